The van der Waals surface area contributed by atoms with Crippen molar-refractivity contribution in [1.29, 1.82) is 0 Å². The summed E-state index contributed by atoms with van der Waals surface area (Å²) >= 11 is 0. The van der Waals surface area contributed by atoms with Gasteiger partial charge in [-0.3, -0.25) is 19.3 Å². The van der Waals surface area contributed by atoms with Crippen molar-refractivity contribution in [3.63, 3.8) is 0 Å². The molecule has 4 amide bonds. The molecule has 1 aliphatic carbocycles. The van der Waals surface area contributed by atoms with Crippen molar-refractivity contribution in [3.05, 3.63) is 34.9 Å². The number of nitrogens with one attached hydrogen (secondary N) is 2. The predicted octanol–water partition coefficient (Wildman–Crippen LogP) is 3.37. The topological polar surface area (TPSA) is 131 Å². The van der Waals surface area contributed by atoms with Crippen LogP contribution in [0.5, 0.6) is 0 Å². The molecule has 2 atom stereocenters. The summed E-state index contributed by atoms with van der Waals surface area (Å²) in [6.45, 7) is 8.92. The Balaban J connectivity index is 2.42. The Kier molecular flexibility index (Phi) is 10.5. The molecular formula is C28H40N4O5. The molecule has 0 aliphatic heterocycles. The fraction of sp³-hybridized carbons (Fsp3) is 0.571. The van der Waals surface area contributed by atoms with Crippen LogP contribution >= 0.6 is 0 Å². The van der Waals surface area contributed by atoms with Crippen LogP contribution in [-0.2, 0) is 19.1 Å². The first kappa shape index (κ1) is 29.7. The number of benzene rings is 1. The molecule has 0 spiro atoms. The number of terminal acetylenes is 1. The van der Waals surface area contributed by atoms with Crippen LogP contribution in [0.4, 0.5) is 4.79 Å². The third-order valence-corrected chi connectivity index (χ3v) is 6.35. The molecule has 1 fully saturated rings. The Labute approximate surface area is 219 Å². The molecule has 4 N–H and O–H groups in total. The SMILES string of the molecule is C#CN(C(=O)C(CCC(N)=O)NC(=O)OC(C)(C)C)C(C(=O)NC1CCCCC1)c1ccc(C)c(C)c1. The predicted molar refractivity (Wildman–Crippen MR) is 141 cm³/mol. The van der Waals surface area contributed by atoms with Crippen LogP contribution in [0.1, 0.15) is 88.4 Å². The number of primary amides is 1. The van der Waals surface area contributed by atoms with Crippen molar-refractivity contribution in [3.8, 4) is 12.5 Å². The molecule has 2 rings (SSSR count). The van der Waals surface area contributed by atoms with Crippen LogP contribution in [-0.4, -0.2) is 46.4 Å². The van der Waals surface area contributed by atoms with Gasteiger partial charge in [0.1, 0.15) is 17.7 Å². The van der Waals surface area contributed by atoms with Gasteiger partial charge in [0.25, 0.3) is 5.91 Å². The van der Waals surface area contributed by atoms with Crippen molar-refractivity contribution >= 4 is 23.8 Å². The van der Waals surface area contributed by atoms with Crippen LogP contribution in [0.15, 0.2) is 18.2 Å². The minimum Gasteiger partial charge on any atom is -0.444 e. The standard InChI is InChI=1S/C28H40N4O5/c1-7-32(26(35)22(15-16-23(29)33)31-27(36)37-28(4,5)6)24(20-14-13-18(2)19(3)17-20)25(34)30-21-11-9-8-10-12-21/h1,13-14,17,21-22,24H,8-12,15-16H2,2-6H3,(H2,29,33)(H,30,34)(H,31,36). The largest absolute Gasteiger partial charge is 0.444 e. The van der Waals surface area contributed by atoms with E-state index in [1.165, 1.54) is 0 Å². The second-order valence-electron chi connectivity index (χ2n) is 10.6. The summed E-state index contributed by atoms with van der Waals surface area (Å²) in [4.78, 5) is 52.3. The first-order valence-corrected chi connectivity index (χ1v) is 12.8. The number of carbonyl (C=O) groups is 4. The number of rotatable bonds is 9. The van der Waals surface area contributed by atoms with E-state index in [0.717, 1.165) is 48.1 Å². The molecule has 9 nitrogen and oxygen atoms in total. The molecule has 202 valence electrons. The molecule has 1 aromatic carbocycles. The van der Waals surface area contributed by atoms with Crippen LogP contribution in [0.3, 0.4) is 0 Å². The molecule has 1 aliphatic rings. The third kappa shape index (κ3) is 9.12. The normalized spacial score (nSPS) is 15.6. The van der Waals surface area contributed by atoms with Gasteiger partial charge in [-0.15, -0.1) is 0 Å². The van der Waals surface area contributed by atoms with Gasteiger partial charge >= 0.3 is 6.09 Å². The summed E-state index contributed by atoms with van der Waals surface area (Å²) in [5.41, 5.74) is 7.01. The minimum absolute atomic E-state index is 0.00410. The van der Waals surface area contributed by atoms with E-state index in [0.29, 0.717) is 5.56 Å². The second-order valence-corrected chi connectivity index (χ2v) is 10.6. The van der Waals surface area contributed by atoms with Gasteiger partial charge in [0.2, 0.25) is 11.8 Å². The maximum Gasteiger partial charge on any atom is 0.408 e. The maximum absolute atomic E-state index is 13.7. The summed E-state index contributed by atoms with van der Waals surface area (Å²) in [7, 11) is 0. The van der Waals surface area contributed by atoms with Gasteiger partial charge in [-0.2, -0.15) is 0 Å². The molecule has 0 aromatic heterocycles. The van der Waals surface area contributed by atoms with E-state index in [1.807, 2.05) is 26.0 Å². The maximum atomic E-state index is 13.7. The Bertz CT molecular complexity index is 1030. The van der Waals surface area contributed by atoms with Crippen molar-refractivity contribution in [2.45, 2.75) is 103 Å². The Hall–Kier alpha value is -3.54. The van der Waals surface area contributed by atoms with E-state index in [1.54, 1.807) is 26.8 Å². The van der Waals surface area contributed by atoms with Gasteiger partial charge in [0.05, 0.1) is 0 Å². The molecule has 37 heavy (non-hydrogen) atoms. The van der Waals surface area contributed by atoms with Gasteiger partial charge in [-0.05, 0) is 70.6 Å². The van der Waals surface area contributed by atoms with Gasteiger partial charge in [-0.1, -0.05) is 43.9 Å². The molecule has 1 aromatic rings. The van der Waals surface area contributed by atoms with E-state index >= 15 is 0 Å². The Morgan fingerprint density at radius 2 is 1.78 bits per heavy atom. The van der Waals surface area contributed by atoms with Crippen molar-refractivity contribution < 1.29 is 23.9 Å². The fourth-order valence-electron chi connectivity index (χ4n) is 4.31. The average molecular weight is 513 g/mol. The lowest BCUT2D eigenvalue weighted by Crippen LogP contribution is -2.52. The van der Waals surface area contributed by atoms with E-state index in [2.05, 4.69) is 16.7 Å². The highest BCUT2D eigenvalue weighted by molar-refractivity contribution is 5.93. The van der Waals surface area contributed by atoms with E-state index in [4.69, 9.17) is 16.9 Å². The zero-order valence-electron chi connectivity index (χ0n) is 22.6. The number of carbonyl (C=O) groups excluding carboxylic acids is 4. The lowest BCUT2D eigenvalue weighted by Gasteiger charge is -2.32. The summed E-state index contributed by atoms with van der Waals surface area (Å²) in [5, 5.41) is 5.57. The molecular weight excluding hydrogens is 472 g/mol. The second kappa shape index (κ2) is 13.1. The molecule has 0 saturated heterocycles. The molecule has 1 saturated carbocycles. The molecule has 2 unspecified atom stereocenters. The lowest BCUT2D eigenvalue weighted by atomic mass is 9.94. The number of hydrogen-bond acceptors (Lipinski definition) is 5. The number of nitrogens with two attached hydrogens (primary N) is 1. The van der Waals surface area contributed by atoms with Gasteiger partial charge < -0.3 is 21.1 Å². The number of ether oxygens (including phenoxy) is 1. The summed E-state index contributed by atoms with van der Waals surface area (Å²) in [5.74, 6) is -1.75. The smallest absolute Gasteiger partial charge is 0.408 e. The Morgan fingerprint density at radius 3 is 2.32 bits per heavy atom. The first-order chi connectivity index (χ1) is 17.3. The first-order valence-electron chi connectivity index (χ1n) is 12.8. The zero-order valence-corrected chi connectivity index (χ0v) is 22.6. The van der Waals surface area contributed by atoms with Crippen LogP contribution in [0.25, 0.3) is 0 Å². The third-order valence-electron chi connectivity index (χ3n) is 6.35. The Morgan fingerprint density at radius 1 is 1.14 bits per heavy atom. The van der Waals surface area contributed by atoms with Crippen LogP contribution in [0, 0.1) is 26.3 Å². The summed E-state index contributed by atoms with van der Waals surface area (Å²) in [6, 6.07) is 5.47. The number of hydrogen-bond donors (Lipinski definition) is 3. The van der Waals surface area contributed by atoms with Crippen LogP contribution < -0.4 is 16.4 Å². The number of aryl methyl sites for hydroxylation is 2. The monoisotopic (exact) mass is 512 g/mol. The van der Waals surface area contributed by atoms with E-state index in [9.17, 15) is 19.2 Å². The van der Waals surface area contributed by atoms with Crippen molar-refractivity contribution in [2.75, 3.05) is 0 Å². The van der Waals surface area contributed by atoms with E-state index in [-0.39, 0.29) is 18.9 Å². The van der Waals surface area contributed by atoms with Crippen molar-refractivity contribution in [2.24, 2.45) is 5.73 Å². The lowest BCUT2D eigenvalue weighted by molar-refractivity contribution is -0.139. The van der Waals surface area contributed by atoms with E-state index < -0.39 is 41.5 Å². The van der Waals surface area contributed by atoms with Crippen LogP contribution in [0.2, 0.25) is 0 Å². The summed E-state index contributed by atoms with van der Waals surface area (Å²) in [6.07, 6.45) is 9.58. The molecule has 9 heteroatoms. The number of nitrogens with zero attached hydrogens (tertiary/aromatic N) is 1. The quantitative estimate of drug-likeness (QED) is 0.345. The minimum atomic E-state index is -1.23. The highest BCUT2D eigenvalue weighted by Gasteiger charge is 2.37. The summed E-state index contributed by atoms with van der Waals surface area (Å²) < 4.78 is 5.29. The number of amides is 4. The molecule has 0 radical (unpaired) electrons. The molecule has 0 bridgehead atoms. The highest BCUT2D eigenvalue weighted by atomic mass is 16.6. The molecule has 0 heterocycles. The fourth-order valence-corrected chi connectivity index (χ4v) is 4.31. The van der Waals surface area contributed by atoms with Gasteiger partial charge in [0.15, 0.2) is 0 Å². The average Bonchev–Trinajstić information content (AvgIpc) is 2.81. The highest BCUT2D eigenvalue weighted by Crippen LogP contribution is 2.26. The van der Waals surface area contributed by atoms with Crippen molar-refractivity contribution in [1.82, 2.24) is 15.5 Å². The zero-order chi connectivity index (χ0) is 27.8. The number of alkyl carbamates (subject to hydrolysis) is 1. The van der Waals surface area contributed by atoms with Gasteiger partial charge in [-0.25, -0.2) is 4.79 Å². The van der Waals surface area contributed by atoms with Gasteiger partial charge in [0, 0.05) is 18.5 Å².